The third-order valence-corrected chi connectivity index (χ3v) is 3.74. The number of benzene rings is 1. The monoisotopic (exact) mass is 291 g/mol. The van der Waals surface area contributed by atoms with Gasteiger partial charge in [-0.25, -0.2) is 12.8 Å². The average molecular weight is 291 g/mol. The number of sulfone groups is 1. The Bertz CT molecular complexity index is 591. The molecule has 0 unspecified atom stereocenters. The van der Waals surface area contributed by atoms with Gasteiger partial charge in [0.25, 0.3) is 0 Å². The zero-order valence-electron chi connectivity index (χ0n) is 11.6. The zero-order chi connectivity index (χ0) is 15.0. The van der Waals surface area contributed by atoms with Crippen LogP contribution in [0.3, 0.4) is 0 Å². The first-order valence-corrected chi connectivity index (χ1v) is 7.37. The minimum atomic E-state index is -3.79. The number of halogens is 1. The smallest absolute Gasteiger partial charge is 0.182 e. The van der Waals surface area contributed by atoms with Gasteiger partial charge in [-0.05, 0) is 19.9 Å². The van der Waals surface area contributed by atoms with Gasteiger partial charge in [-0.3, -0.25) is 0 Å². The van der Waals surface area contributed by atoms with Gasteiger partial charge >= 0.3 is 0 Å². The quantitative estimate of drug-likeness (QED) is 0.908. The van der Waals surface area contributed by atoms with E-state index in [2.05, 4.69) is 0 Å². The van der Waals surface area contributed by atoms with Crippen LogP contribution in [0.5, 0.6) is 11.5 Å². The van der Waals surface area contributed by atoms with Crippen LogP contribution in [0, 0.1) is 5.82 Å². The Hall–Kier alpha value is -1.34. The van der Waals surface area contributed by atoms with Crippen LogP contribution in [0.15, 0.2) is 11.0 Å². The molecule has 0 aromatic heterocycles. The van der Waals surface area contributed by atoms with Crippen LogP contribution in [-0.2, 0) is 15.4 Å². The summed E-state index contributed by atoms with van der Waals surface area (Å²) in [7, 11) is -1.20. The van der Waals surface area contributed by atoms with Crippen molar-refractivity contribution in [1.82, 2.24) is 0 Å². The first-order chi connectivity index (χ1) is 8.54. The summed E-state index contributed by atoms with van der Waals surface area (Å²) in [6.45, 7) is 3.31. The van der Waals surface area contributed by atoms with Crippen LogP contribution in [0.4, 0.5) is 4.39 Å². The largest absolute Gasteiger partial charge is 0.492 e. The summed E-state index contributed by atoms with van der Waals surface area (Å²) < 4.78 is 47.5. The molecule has 0 saturated carbocycles. The molecule has 1 aromatic carbocycles. The molecule has 7 heteroatoms. The fourth-order valence-corrected chi connectivity index (χ4v) is 2.73. The summed E-state index contributed by atoms with van der Waals surface area (Å²) in [5, 5.41) is 0. The van der Waals surface area contributed by atoms with E-state index in [0.29, 0.717) is 5.56 Å². The number of nitrogens with two attached hydrogens (primary N) is 1. The van der Waals surface area contributed by atoms with E-state index in [4.69, 9.17) is 15.2 Å². The molecule has 19 heavy (non-hydrogen) atoms. The standard InChI is InChI=1S/C12H18FNO4S/c1-12(2,14)7-6-8(13)11(19(5,15)16)10(18-4)9(7)17-3/h6H,14H2,1-5H3. The van der Waals surface area contributed by atoms with E-state index >= 15 is 0 Å². The molecular formula is C12H18FNO4S. The number of hydrogen-bond donors (Lipinski definition) is 1. The molecule has 0 radical (unpaired) electrons. The van der Waals surface area contributed by atoms with Crippen molar-refractivity contribution in [2.45, 2.75) is 24.3 Å². The highest BCUT2D eigenvalue weighted by atomic mass is 32.2. The summed E-state index contributed by atoms with van der Waals surface area (Å²) in [6.07, 6.45) is 0.903. The Morgan fingerprint density at radius 3 is 2.00 bits per heavy atom. The summed E-state index contributed by atoms with van der Waals surface area (Å²) in [5.74, 6) is -0.955. The molecule has 0 spiro atoms. The van der Waals surface area contributed by atoms with Crippen molar-refractivity contribution in [1.29, 1.82) is 0 Å². The Morgan fingerprint density at radius 1 is 1.21 bits per heavy atom. The Balaban J connectivity index is 3.85. The van der Waals surface area contributed by atoms with Crippen LogP contribution in [0.2, 0.25) is 0 Å². The van der Waals surface area contributed by atoms with Crippen molar-refractivity contribution in [2.24, 2.45) is 5.73 Å². The van der Waals surface area contributed by atoms with Crippen molar-refractivity contribution in [2.75, 3.05) is 20.5 Å². The van der Waals surface area contributed by atoms with Gasteiger partial charge in [-0.15, -0.1) is 0 Å². The van der Waals surface area contributed by atoms with Crippen molar-refractivity contribution >= 4 is 9.84 Å². The lowest BCUT2D eigenvalue weighted by molar-refractivity contribution is 0.330. The van der Waals surface area contributed by atoms with Gasteiger partial charge < -0.3 is 15.2 Å². The molecule has 1 rings (SSSR count). The fourth-order valence-electron chi connectivity index (χ4n) is 1.80. The van der Waals surface area contributed by atoms with E-state index in [9.17, 15) is 12.8 Å². The highest BCUT2D eigenvalue weighted by Gasteiger charge is 2.31. The van der Waals surface area contributed by atoms with Crippen molar-refractivity contribution in [3.8, 4) is 11.5 Å². The van der Waals surface area contributed by atoms with E-state index in [1.165, 1.54) is 14.2 Å². The minimum Gasteiger partial charge on any atom is -0.492 e. The molecule has 1 aromatic rings. The lowest BCUT2D eigenvalue weighted by atomic mass is 9.94. The highest BCUT2D eigenvalue weighted by molar-refractivity contribution is 7.90. The average Bonchev–Trinajstić information content (AvgIpc) is 2.24. The van der Waals surface area contributed by atoms with Gasteiger partial charge in [-0.2, -0.15) is 0 Å². The van der Waals surface area contributed by atoms with Gasteiger partial charge in [0.1, 0.15) is 10.7 Å². The SMILES string of the molecule is COc1c(C(C)(C)N)cc(F)c(S(C)(=O)=O)c1OC. The van der Waals surface area contributed by atoms with Crippen LogP contribution in [0.1, 0.15) is 19.4 Å². The van der Waals surface area contributed by atoms with E-state index in [1.54, 1.807) is 13.8 Å². The molecule has 2 N–H and O–H groups in total. The van der Waals surface area contributed by atoms with Crippen LogP contribution >= 0.6 is 0 Å². The number of hydrogen-bond acceptors (Lipinski definition) is 5. The van der Waals surface area contributed by atoms with E-state index < -0.39 is 26.1 Å². The molecular weight excluding hydrogens is 273 g/mol. The fraction of sp³-hybridized carbons (Fsp3) is 0.500. The molecule has 0 aliphatic carbocycles. The van der Waals surface area contributed by atoms with E-state index in [1.807, 2.05) is 0 Å². The molecule has 0 fully saturated rings. The Morgan fingerprint density at radius 2 is 1.68 bits per heavy atom. The molecule has 0 heterocycles. The molecule has 5 nitrogen and oxygen atoms in total. The van der Waals surface area contributed by atoms with Crippen molar-refractivity contribution in [3.63, 3.8) is 0 Å². The summed E-state index contributed by atoms with van der Waals surface area (Å²) >= 11 is 0. The van der Waals surface area contributed by atoms with E-state index in [-0.39, 0.29) is 11.5 Å². The third-order valence-electron chi connectivity index (χ3n) is 2.62. The lowest BCUT2D eigenvalue weighted by Gasteiger charge is -2.24. The molecule has 0 bridgehead atoms. The minimum absolute atomic E-state index is 0.122. The first kappa shape index (κ1) is 15.7. The normalized spacial score (nSPS) is 12.4. The first-order valence-electron chi connectivity index (χ1n) is 5.48. The van der Waals surface area contributed by atoms with Crippen LogP contribution < -0.4 is 15.2 Å². The van der Waals surface area contributed by atoms with Gasteiger partial charge in [-0.1, -0.05) is 0 Å². The van der Waals surface area contributed by atoms with Gasteiger partial charge in [0, 0.05) is 17.4 Å². The molecule has 0 aliphatic rings. The second kappa shape index (κ2) is 4.97. The highest BCUT2D eigenvalue weighted by Crippen LogP contribution is 2.42. The summed E-state index contributed by atoms with van der Waals surface area (Å²) in [6, 6.07) is 1.07. The molecule has 0 atom stereocenters. The van der Waals surface area contributed by atoms with Crippen molar-refractivity contribution in [3.05, 3.63) is 17.4 Å². The van der Waals surface area contributed by atoms with Crippen LogP contribution in [0.25, 0.3) is 0 Å². The van der Waals surface area contributed by atoms with Crippen molar-refractivity contribution < 1.29 is 22.3 Å². The predicted octanol–water partition coefficient (Wildman–Crippen LogP) is 1.44. The summed E-state index contributed by atoms with van der Waals surface area (Å²) in [4.78, 5) is -0.528. The Labute approximate surface area is 112 Å². The topological polar surface area (TPSA) is 78.6 Å². The Kier molecular flexibility index (Phi) is 4.11. The second-order valence-electron chi connectivity index (χ2n) is 4.80. The van der Waals surface area contributed by atoms with Gasteiger partial charge in [0.2, 0.25) is 0 Å². The predicted molar refractivity (Wildman–Crippen MR) is 69.8 cm³/mol. The number of ether oxygens (including phenoxy) is 2. The molecule has 0 saturated heterocycles. The van der Waals surface area contributed by atoms with E-state index in [0.717, 1.165) is 12.3 Å². The second-order valence-corrected chi connectivity index (χ2v) is 6.75. The maximum atomic E-state index is 14.1. The maximum absolute atomic E-state index is 14.1. The molecule has 0 aliphatic heterocycles. The molecule has 0 amide bonds. The summed E-state index contributed by atoms with van der Waals surface area (Å²) in [5.41, 5.74) is 5.36. The zero-order valence-corrected chi connectivity index (χ0v) is 12.4. The third kappa shape index (κ3) is 2.98. The van der Waals surface area contributed by atoms with Crippen LogP contribution in [-0.4, -0.2) is 28.9 Å². The lowest BCUT2D eigenvalue weighted by Crippen LogP contribution is -2.30. The molecule has 108 valence electrons. The maximum Gasteiger partial charge on any atom is 0.182 e. The number of rotatable bonds is 4. The van der Waals surface area contributed by atoms with Gasteiger partial charge in [0.15, 0.2) is 21.3 Å². The number of methoxy groups -OCH3 is 2. The van der Waals surface area contributed by atoms with Gasteiger partial charge in [0.05, 0.1) is 14.2 Å².